The smallest absolute Gasteiger partial charge is 0.267 e. The van der Waals surface area contributed by atoms with Gasteiger partial charge in [0.15, 0.2) is 0 Å². The summed E-state index contributed by atoms with van der Waals surface area (Å²) in [6, 6.07) is 14.4. The Labute approximate surface area is 153 Å². The van der Waals surface area contributed by atoms with Crippen molar-refractivity contribution in [2.75, 3.05) is 6.54 Å². The molecule has 0 bridgehead atoms. The number of benzene rings is 1. The van der Waals surface area contributed by atoms with Crippen LogP contribution in [0.3, 0.4) is 0 Å². The molecule has 0 fully saturated rings. The van der Waals surface area contributed by atoms with E-state index in [-0.39, 0.29) is 18.0 Å². The fourth-order valence-electron chi connectivity index (χ4n) is 2.31. The van der Waals surface area contributed by atoms with Crippen LogP contribution in [0.5, 0.6) is 0 Å². The monoisotopic (exact) mass is 373 g/mol. The van der Waals surface area contributed by atoms with Crippen LogP contribution < -0.4 is 10.9 Å². The van der Waals surface area contributed by atoms with Crippen molar-refractivity contribution in [3.05, 3.63) is 74.9 Å². The molecule has 7 heteroatoms. The van der Waals surface area contributed by atoms with Gasteiger partial charge in [-0.15, -0.1) is 11.3 Å². The van der Waals surface area contributed by atoms with Crippen LogP contribution in [0.2, 0.25) is 5.02 Å². The molecule has 0 aliphatic rings. The number of hydrogen-bond donors (Lipinski definition) is 1. The van der Waals surface area contributed by atoms with Crippen molar-refractivity contribution in [2.45, 2.75) is 13.0 Å². The number of rotatable bonds is 6. The van der Waals surface area contributed by atoms with Crippen molar-refractivity contribution in [1.29, 1.82) is 0 Å². The maximum atomic E-state index is 12.1. The van der Waals surface area contributed by atoms with E-state index in [0.29, 0.717) is 23.7 Å². The first-order valence-electron chi connectivity index (χ1n) is 7.75. The van der Waals surface area contributed by atoms with Gasteiger partial charge in [-0.05, 0) is 41.6 Å². The Morgan fingerprint density at radius 2 is 1.96 bits per heavy atom. The lowest BCUT2D eigenvalue weighted by molar-refractivity contribution is -0.121. The molecule has 0 aliphatic carbocycles. The molecule has 128 valence electrons. The lowest BCUT2D eigenvalue weighted by atomic mass is 10.1. The van der Waals surface area contributed by atoms with E-state index in [4.69, 9.17) is 11.6 Å². The summed E-state index contributed by atoms with van der Waals surface area (Å²) in [6.07, 6.45) is 0.695. The number of amides is 1. The molecule has 1 amide bonds. The van der Waals surface area contributed by atoms with Gasteiger partial charge < -0.3 is 5.32 Å². The topological polar surface area (TPSA) is 64.0 Å². The fourth-order valence-corrected chi connectivity index (χ4v) is 3.12. The maximum Gasteiger partial charge on any atom is 0.267 e. The van der Waals surface area contributed by atoms with E-state index >= 15 is 0 Å². The minimum absolute atomic E-state index is 0.0985. The second kappa shape index (κ2) is 8.09. The normalized spacial score (nSPS) is 10.6. The predicted octanol–water partition coefficient (Wildman–Crippen LogP) is 2.98. The van der Waals surface area contributed by atoms with Gasteiger partial charge >= 0.3 is 0 Å². The Hall–Kier alpha value is -2.44. The number of aromatic nitrogens is 2. The van der Waals surface area contributed by atoms with E-state index in [2.05, 4.69) is 10.4 Å². The van der Waals surface area contributed by atoms with Crippen LogP contribution in [-0.2, 0) is 17.8 Å². The average molecular weight is 374 g/mol. The molecule has 1 aromatic carbocycles. The molecule has 0 aliphatic heterocycles. The van der Waals surface area contributed by atoms with Gasteiger partial charge in [0.1, 0.15) is 12.2 Å². The molecule has 3 aromatic rings. The maximum absolute atomic E-state index is 12.1. The first kappa shape index (κ1) is 17.4. The molecule has 5 nitrogen and oxygen atoms in total. The third-order valence-corrected chi connectivity index (χ3v) is 4.73. The predicted molar refractivity (Wildman–Crippen MR) is 100.0 cm³/mol. The van der Waals surface area contributed by atoms with E-state index in [1.165, 1.54) is 22.1 Å². The van der Waals surface area contributed by atoms with Gasteiger partial charge in [0.05, 0.1) is 4.88 Å². The zero-order valence-corrected chi connectivity index (χ0v) is 14.9. The van der Waals surface area contributed by atoms with Crippen molar-refractivity contribution < 1.29 is 4.79 Å². The Balaban J connectivity index is 1.58. The van der Waals surface area contributed by atoms with Gasteiger partial charge in [0, 0.05) is 17.6 Å². The molecule has 25 heavy (non-hydrogen) atoms. The number of halogens is 1. The Morgan fingerprint density at radius 3 is 2.68 bits per heavy atom. The van der Waals surface area contributed by atoms with Crippen LogP contribution in [0.4, 0.5) is 0 Å². The highest BCUT2D eigenvalue weighted by Gasteiger charge is 2.08. The van der Waals surface area contributed by atoms with E-state index in [1.54, 1.807) is 6.07 Å². The van der Waals surface area contributed by atoms with E-state index in [1.807, 2.05) is 41.8 Å². The van der Waals surface area contributed by atoms with Crippen LogP contribution in [0.1, 0.15) is 5.56 Å². The summed E-state index contributed by atoms with van der Waals surface area (Å²) in [5.74, 6) is -0.244. The van der Waals surface area contributed by atoms with Crippen molar-refractivity contribution in [2.24, 2.45) is 0 Å². The summed E-state index contributed by atoms with van der Waals surface area (Å²) in [6.45, 7) is 0.387. The van der Waals surface area contributed by atoms with Crippen LogP contribution in [0.25, 0.3) is 10.6 Å². The Morgan fingerprint density at radius 1 is 1.16 bits per heavy atom. The van der Waals surface area contributed by atoms with Gasteiger partial charge in [-0.3, -0.25) is 9.59 Å². The standard InChI is InChI=1S/C18H16ClN3O2S/c19-14-5-3-13(4-6-14)9-10-20-17(23)12-22-18(24)8-7-15(21-22)16-2-1-11-25-16/h1-8,11H,9-10,12H2,(H,20,23). The number of nitrogens with one attached hydrogen (secondary N) is 1. The van der Waals surface area contributed by atoms with Gasteiger partial charge in [0.2, 0.25) is 5.91 Å². The molecule has 0 atom stereocenters. The number of hydrogen-bond acceptors (Lipinski definition) is 4. The summed E-state index contributed by atoms with van der Waals surface area (Å²) in [5.41, 5.74) is 1.47. The summed E-state index contributed by atoms with van der Waals surface area (Å²) in [4.78, 5) is 24.9. The van der Waals surface area contributed by atoms with Gasteiger partial charge in [-0.25, -0.2) is 4.68 Å². The average Bonchev–Trinajstić information content (AvgIpc) is 3.13. The zero-order chi connectivity index (χ0) is 17.6. The molecule has 0 radical (unpaired) electrons. The highest BCUT2D eigenvalue weighted by atomic mass is 35.5. The molecule has 2 heterocycles. The number of nitrogens with zero attached hydrogens (tertiary/aromatic N) is 2. The van der Waals surface area contributed by atoms with Crippen molar-refractivity contribution in [3.63, 3.8) is 0 Å². The zero-order valence-electron chi connectivity index (χ0n) is 13.3. The van der Waals surface area contributed by atoms with Crippen LogP contribution in [0.15, 0.2) is 58.7 Å². The minimum atomic E-state index is -0.298. The number of carbonyl (C=O) groups is 1. The summed E-state index contributed by atoms with van der Waals surface area (Å²) in [5, 5.41) is 9.70. The highest BCUT2D eigenvalue weighted by Crippen LogP contribution is 2.20. The molecule has 0 saturated heterocycles. The largest absolute Gasteiger partial charge is 0.354 e. The molecule has 0 saturated carbocycles. The van der Waals surface area contributed by atoms with Crippen LogP contribution in [0, 0.1) is 0 Å². The summed E-state index contributed by atoms with van der Waals surface area (Å²) >= 11 is 7.38. The van der Waals surface area contributed by atoms with Crippen molar-refractivity contribution in [3.8, 4) is 10.6 Å². The summed E-state index contributed by atoms with van der Waals surface area (Å²) in [7, 11) is 0. The molecule has 2 aromatic heterocycles. The van der Waals surface area contributed by atoms with E-state index in [9.17, 15) is 9.59 Å². The molecule has 0 spiro atoms. The lowest BCUT2D eigenvalue weighted by Gasteiger charge is -2.08. The third kappa shape index (κ3) is 4.78. The first-order valence-corrected chi connectivity index (χ1v) is 9.01. The SMILES string of the molecule is O=C(Cn1nc(-c2cccs2)ccc1=O)NCCc1ccc(Cl)cc1. The van der Waals surface area contributed by atoms with Crippen molar-refractivity contribution in [1.82, 2.24) is 15.1 Å². The number of thiophene rings is 1. The Kier molecular flexibility index (Phi) is 5.63. The van der Waals surface area contributed by atoms with E-state index in [0.717, 1.165) is 10.4 Å². The fraction of sp³-hybridized carbons (Fsp3) is 0.167. The highest BCUT2D eigenvalue weighted by molar-refractivity contribution is 7.13. The quantitative estimate of drug-likeness (QED) is 0.722. The second-order valence-electron chi connectivity index (χ2n) is 5.42. The second-order valence-corrected chi connectivity index (χ2v) is 6.80. The van der Waals surface area contributed by atoms with Gasteiger partial charge in [-0.1, -0.05) is 29.8 Å². The number of carbonyl (C=O) groups excluding carboxylic acids is 1. The lowest BCUT2D eigenvalue weighted by Crippen LogP contribution is -2.34. The summed E-state index contributed by atoms with van der Waals surface area (Å²) < 4.78 is 1.19. The minimum Gasteiger partial charge on any atom is -0.354 e. The molecular formula is C18H16ClN3O2S. The molecular weight excluding hydrogens is 358 g/mol. The van der Waals surface area contributed by atoms with Gasteiger partial charge in [0.25, 0.3) is 5.56 Å². The van der Waals surface area contributed by atoms with E-state index < -0.39 is 0 Å². The van der Waals surface area contributed by atoms with Crippen LogP contribution >= 0.6 is 22.9 Å². The van der Waals surface area contributed by atoms with Gasteiger partial charge in [-0.2, -0.15) is 5.10 Å². The van der Waals surface area contributed by atoms with Crippen molar-refractivity contribution >= 4 is 28.8 Å². The Bertz CT molecular complexity index is 905. The molecule has 1 N–H and O–H groups in total. The molecule has 0 unspecified atom stereocenters. The third-order valence-electron chi connectivity index (χ3n) is 3.58. The van der Waals surface area contributed by atoms with Crippen LogP contribution in [-0.4, -0.2) is 22.2 Å². The molecule has 3 rings (SSSR count). The first-order chi connectivity index (χ1) is 12.1.